The van der Waals surface area contributed by atoms with Crippen LogP contribution >= 0.6 is 22.7 Å². The third kappa shape index (κ3) is 2.22. The normalized spacial score (nSPS) is 11.6. The van der Waals surface area contributed by atoms with Crippen molar-refractivity contribution in [3.05, 3.63) is 60.3 Å². The molecule has 0 saturated heterocycles. The second kappa shape index (κ2) is 5.35. The zero-order chi connectivity index (χ0) is 17.0. The molecule has 4 aromatic heterocycles. The van der Waals surface area contributed by atoms with Crippen LogP contribution in [-0.2, 0) is 6.54 Å². The van der Waals surface area contributed by atoms with Gasteiger partial charge in [-0.1, -0.05) is 0 Å². The van der Waals surface area contributed by atoms with Gasteiger partial charge in [-0.2, -0.15) is 0 Å². The predicted molar refractivity (Wildman–Crippen MR) is 96.5 cm³/mol. The summed E-state index contributed by atoms with van der Waals surface area (Å²) in [6.07, 6.45) is 1.53. The van der Waals surface area contributed by atoms with Gasteiger partial charge in [0.25, 0.3) is 11.1 Å². The molecular weight excluding hydrogens is 344 g/mol. The highest BCUT2D eigenvalue weighted by molar-refractivity contribution is 7.18. The van der Waals surface area contributed by atoms with Crippen molar-refractivity contribution in [2.75, 3.05) is 0 Å². The monoisotopic (exact) mass is 358 g/mol. The Labute approximate surface area is 144 Å². The molecule has 122 valence electrons. The zero-order valence-electron chi connectivity index (χ0n) is 13.4. The number of aromatic nitrogens is 4. The quantitative estimate of drug-likeness (QED) is 0.552. The van der Waals surface area contributed by atoms with E-state index in [1.807, 2.05) is 26.2 Å². The average molecular weight is 358 g/mol. The summed E-state index contributed by atoms with van der Waals surface area (Å²) in [7, 11) is 0. The fourth-order valence-corrected chi connectivity index (χ4v) is 4.62. The van der Waals surface area contributed by atoms with Gasteiger partial charge in [0.2, 0.25) is 0 Å². The lowest BCUT2D eigenvalue weighted by Crippen LogP contribution is -2.23. The Morgan fingerprint density at radius 2 is 2.00 bits per heavy atom. The Morgan fingerprint density at radius 1 is 1.21 bits per heavy atom. The fourth-order valence-electron chi connectivity index (χ4n) is 2.74. The number of hydrogen-bond donors (Lipinski definition) is 0. The van der Waals surface area contributed by atoms with Crippen molar-refractivity contribution < 1.29 is 0 Å². The van der Waals surface area contributed by atoms with Crippen molar-refractivity contribution in [3.63, 3.8) is 0 Å². The second-order valence-corrected chi connectivity index (χ2v) is 7.76. The van der Waals surface area contributed by atoms with E-state index in [4.69, 9.17) is 0 Å². The maximum Gasteiger partial charge on any atom is 0.262 e. The third-order valence-electron chi connectivity index (χ3n) is 4.12. The highest BCUT2D eigenvalue weighted by Crippen LogP contribution is 2.25. The summed E-state index contributed by atoms with van der Waals surface area (Å²) in [6, 6.07) is 1.48. The Balaban J connectivity index is 1.85. The number of rotatable bonds is 2. The van der Waals surface area contributed by atoms with Crippen molar-refractivity contribution in [1.29, 1.82) is 0 Å². The SMILES string of the molecule is Cc1sc2ncn(Cc3cc(=O)n4c(C)csc4n3)c(=O)c2c1C. The van der Waals surface area contributed by atoms with Gasteiger partial charge in [-0.25, -0.2) is 9.97 Å². The lowest BCUT2D eigenvalue weighted by Gasteiger charge is -2.05. The molecule has 0 aliphatic rings. The van der Waals surface area contributed by atoms with Crippen LogP contribution in [0.15, 0.2) is 27.4 Å². The molecule has 8 heteroatoms. The van der Waals surface area contributed by atoms with Crippen LogP contribution in [0.3, 0.4) is 0 Å². The number of aryl methyl sites for hydroxylation is 3. The predicted octanol–water partition coefficient (Wildman–Crippen LogP) is 2.50. The smallest absolute Gasteiger partial charge is 0.262 e. The Kier molecular flexibility index (Phi) is 3.40. The summed E-state index contributed by atoms with van der Waals surface area (Å²) < 4.78 is 3.09. The van der Waals surface area contributed by atoms with Crippen LogP contribution in [0.4, 0.5) is 0 Å². The number of fused-ring (bicyclic) bond motifs is 2. The Bertz CT molecular complexity index is 1210. The summed E-state index contributed by atoms with van der Waals surface area (Å²) in [4.78, 5) is 36.4. The standard InChI is InChI=1S/C16H14N4O2S2/c1-8-6-23-16-18-11(4-12(21)20(8)16)5-19-7-17-14-13(15(19)22)9(2)10(3)24-14/h4,6-7H,5H2,1-3H3. The van der Waals surface area contributed by atoms with E-state index in [0.717, 1.165) is 21.0 Å². The van der Waals surface area contributed by atoms with Crippen LogP contribution in [0.25, 0.3) is 15.2 Å². The first kappa shape index (κ1) is 15.2. The van der Waals surface area contributed by atoms with E-state index in [1.165, 1.54) is 39.6 Å². The molecule has 0 aliphatic carbocycles. The fraction of sp³-hybridized carbons (Fsp3) is 0.250. The zero-order valence-corrected chi connectivity index (χ0v) is 15.0. The molecule has 0 spiro atoms. The third-order valence-corrected chi connectivity index (χ3v) is 6.18. The molecule has 0 unspecified atom stereocenters. The summed E-state index contributed by atoms with van der Waals surface area (Å²) in [6.45, 7) is 6.03. The summed E-state index contributed by atoms with van der Waals surface area (Å²) in [5, 5.41) is 2.55. The summed E-state index contributed by atoms with van der Waals surface area (Å²) >= 11 is 2.94. The molecule has 0 aliphatic heterocycles. The minimum Gasteiger partial charge on any atom is -0.293 e. The van der Waals surface area contributed by atoms with Crippen LogP contribution in [-0.4, -0.2) is 18.9 Å². The molecule has 24 heavy (non-hydrogen) atoms. The van der Waals surface area contributed by atoms with E-state index >= 15 is 0 Å². The lowest BCUT2D eigenvalue weighted by atomic mass is 10.2. The van der Waals surface area contributed by atoms with Gasteiger partial charge in [0, 0.05) is 22.0 Å². The molecular formula is C16H14N4O2S2. The topological polar surface area (TPSA) is 69.3 Å². The van der Waals surface area contributed by atoms with E-state index in [2.05, 4.69) is 9.97 Å². The van der Waals surface area contributed by atoms with Crippen molar-refractivity contribution in [3.8, 4) is 0 Å². The van der Waals surface area contributed by atoms with E-state index in [0.29, 0.717) is 16.0 Å². The van der Waals surface area contributed by atoms with Crippen LogP contribution in [0.2, 0.25) is 0 Å². The van der Waals surface area contributed by atoms with Crippen molar-refractivity contribution in [2.45, 2.75) is 27.3 Å². The molecule has 4 aromatic rings. The first-order chi connectivity index (χ1) is 11.5. The van der Waals surface area contributed by atoms with E-state index in [1.54, 1.807) is 4.40 Å². The van der Waals surface area contributed by atoms with Crippen LogP contribution < -0.4 is 11.1 Å². The highest BCUT2D eigenvalue weighted by atomic mass is 32.1. The van der Waals surface area contributed by atoms with Crippen LogP contribution in [0.1, 0.15) is 21.8 Å². The van der Waals surface area contributed by atoms with Gasteiger partial charge >= 0.3 is 0 Å². The van der Waals surface area contributed by atoms with Crippen LogP contribution in [0.5, 0.6) is 0 Å². The van der Waals surface area contributed by atoms with Crippen molar-refractivity contribution >= 4 is 37.9 Å². The van der Waals surface area contributed by atoms with Crippen molar-refractivity contribution in [2.24, 2.45) is 0 Å². The molecule has 4 heterocycles. The molecule has 6 nitrogen and oxygen atoms in total. The molecule has 4 rings (SSSR count). The first-order valence-corrected chi connectivity index (χ1v) is 9.07. The van der Waals surface area contributed by atoms with Gasteiger partial charge in [0.1, 0.15) is 4.83 Å². The maximum absolute atomic E-state index is 12.7. The van der Waals surface area contributed by atoms with E-state index in [9.17, 15) is 9.59 Å². The Hall–Kier alpha value is -2.32. The first-order valence-electron chi connectivity index (χ1n) is 7.37. The lowest BCUT2D eigenvalue weighted by molar-refractivity contribution is 0.728. The average Bonchev–Trinajstić information content (AvgIpc) is 3.04. The van der Waals surface area contributed by atoms with Gasteiger partial charge in [0.15, 0.2) is 4.96 Å². The molecule has 0 atom stereocenters. The molecule has 0 fully saturated rings. The Morgan fingerprint density at radius 3 is 2.79 bits per heavy atom. The van der Waals surface area contributed by atoms with Gasteiger partial charge < -0.3 is 0 Å². The number of thiophene rings is 1. The second-order valence-electron chi connectivity index (χ2n) is 5.72. The maximum atomic E-state index is 12.7. The largest absolute Gasteiger partial charge is 0.293 e. The molecule has 0 aromatic carbocycles. The van der Waals surface area contributed by atoms with Gasteiger partial charge in [-0.3, -0.25) is 18.6 Å². The van der Waals surface area contributed by atoms with E-state index in [-0.39, 0.29) is 17.7 Å². The number of hydrogen-bond acceptors (Lipinski definition) is 6. The number of nitrogens with zero attached hydrogens (tertiary/aromatic N) is 4. The molecule has 0 saturated carbocycles. The van der Waals surface area contributed by atoms with E-state index < -0.39 is 0 Å². The summed E-state index contributed by atoms with van der Waals surface area (Å²) in [5.41, 5.74) is 2.18. The molecule has 0 N–H and O–H groups in total. The minimum atomic E-state index is -0.126. The van der Waals surface area contributed by atoms with Gasteiger partial charge in [-0.15, -0.1) is 22.7 Å². The highest BCUT2D eigenvalue weighted by Gasteiger charge is 2.13. The molecule has 0 amide bonds. The van der Waals surface area contributed by atoms with Crippen LogP contribution in [0, 0.1) is 20.8 Å². The summed E-state index contributed by atoms with van der Waals surface area (Å²) in [5.74, 6) is 0. The van der Waals surface area contributed by atoms with Gasteiger partial charge in [0.05, 0.1) is 24.0 Å². The van der Waals surface area contributed by atoms with Gasteiger partial charge in [-0.05, 0) is 26.3 Å². The minimum absolute atomic E-state index is 0.0915. The van der Waals surface area contributed by atoms with Crippen molar-refractivity contribution in [1.82, 2.24) is 18.9 Å². The molecule has 0 bridgehead atoms. The molecule has 0 radical (unpaired) electrons. The number of thiazole rings is 1.